The first-order valence-electron chi connectivity index (χ1n) is 8.22. The molecule has 8 nitrogen and oxygen atoms in total. The van der Waals surface area contributed by atoms with Crippen LogP contribution in [0.25, 0.3) is 0 Å². The van der Waals surface area contributed by atoms with Crippen molar-refractivity contribution in [3.05, 3.63) is 5.51 Å². The van der Waals surface area contributed by atoms with Crippen molar-refractivity contribution in [3.8, 4) is 0 Å². The number of hydrogen-bond acceptors (Lipinski definition) is 7. The second-order valence-corrected chi connectivity index (χ2v) is 8.75. The second kappa shape index (κ2) is 7.15. The van der Waals surface area contributed by atoms with Crippen molar-refractivity contribution in [1.82, 2.24) is 15.1 Å². The average molecular weight is 370 g/mol. The smallest absolute Gasteiger partial charge is 0.417 e. The van der Waals surface area contributed by atoms with E-state index in [9.17, 15) is 9.59 Å². The largest absolute Gasteiger partial charge is 0.444 e. The Kier molecular flexibility index (Phi) is 5.55. The Labute approximate surface area is 152 Å². The lowest BCUT2D eigenvalue weighted by Gasteiger charge is -2.29. The number of carbonyl (C=O) groups is 2. The predicted molar refractivity (Wildman–Crippen MR) is 94.8 cm³/mol. The zero-order chi connectivity index (χ0) is 18.8. The van der Waals surface area contributed by atoms with Crippen LogP contribution >= 0.6 is 11.3 Å². The van der Waals surface area contributed by atoms with E-state index in [1.54, 1.807) is 10.4 Å². The molecule has 0 aliphatic carbocycles. The molecule has 0 N–H and O–H groups in total. The summed E-state index contributed by atoms with van der Waals surface area (Å²) < 4.78 is 10.9. The van der Waals surface area contributed by atoms with Crippen molar-refractivity contribution in [3.63, 3.8) is 0 Å². The Hall–Kier alpha value is -1.90. The van der Waals surface area contributed by atoms with Gasteiger partial charge in [0.05, 0.1) is 6.04 Å². The molecule has 1 aromatic rings. The summed E-state index contributed by atoms with van der Waals surface area (Å²) in [4.78, 5) is 28.0. The Morgan fingerprint density at radius 1 is 1.20 bits per heavy atom. The monoisotopic (exact) mass is 370 g/mol. The van der Waals surface area contributed by atoms with Crippen LogP contribution in [-0.4, -0.2) is 57.6 Å². The summed E-state index contributed by atoms with van der Waals surface area (Å²) >= 11 is 1.26. The van der Waals surface area contributed by atoms with Crippen molar-refractivity contribution in [1.29, 1.82) is 0 Å². The molecular formula is C16H26N4O4S. The van der Waals surface area contributed by atoms with E-state index in [2.05, 4.69) is 10.2 Å². The van der Waals surface area contributed by atoms with E-state index in [-0.39, 0.29) is 12.1 Å². The molecule has 0 spiro atoms. The van der Waals surface area contributed by atoms with Gasteiger partial charge in [-0.25, -0.2) is 14.5 Å². The minimum absolute atomic E-state index is 0.227. The van der Waals surface area contributed by atoms with Crippen molar-refractivity contribution < 1.29 is 19.1 Å². The molecule has 2 heterocycles. The molecular weight excluding hydrogens is 344 g/mol. The molecule has 2 rings (SSSR count). The maximum absolute atomic E-state index is 12.7. The van der Waals surface area contributed by atoms with Gasteiger partial charge in [-0.3, -0.25) is 0 Å². The fraction of sp³-hybridized carbons (Fsp3) is 0.750. The van der Waals surface area contributed by atoms with Crippen molar-refractivity contribution >= 4 is 28.7 Å². The van der Waals surface area contributed by atoms with Gasteiger partial charge >= 0.3 is 12.2 Å². The molecule has 0 saturated carbocycles. The summed E-state index contributed by atoms with van der Waals surface area (Å²) in [7, 11) is 0. The third-order valence-corrected chi connectivity index (χ3v) is 4.01. The van der Waals surface area contributed by atoms with E-state index >= 15 is 0 Å². The van der Waals surface area contributed by atoms with Gasteiger partial charge in [0.1, 0.15) is 16.7 Å². The molecule has 1 unspecified atom stereocenters. The molecule has 1 aliphatic heterocycles. The highest BCUT2D eigenvalue weighted by Crippen LogP contribution is 2.27. The van der Waals surface area contributed by atoms with Gasteiger partial charge < -0.3 is 14.4 Å². The zero-order valence-corrected chi connectivity index (χ0v) is 16.4. The topological polar surface area (TPSA) is 84.9 Å². The van der Waals surface area contributed by atoms with Crippen molar-refractivity contribution in [2.24, 2.45) is 0 Å². The number of carbonyl (C=O) groups excluding carboxylic acids is 2. The normalized spacial score (nSPS) is 18.2. The minimum atomic E-state index is -0.622. The van der Waals surface area contributed by atoms with Gasteiger partial charge in [-0.1, -0.05) is 11.3 Å². The van der Waals surface area contributed by atoms with Crippen LogP contribution < -0.4 is 4.90 Å². The number of hydrogen-bond donors (Lipinski definition) is 0. The third-order valence-electron chi connectivity index (χ3n) is 3.33. The molecule has 0 bridgehead atoms. The maximum atomic E-state index is 12.7. The van der Waals surface area contributed by atoms with Gasteiger partial charge in [-0.05, 0) is 48.0 Å². The SMILES string of the molecule is CC(C)(C)OC(=O)N1CCC(N(C(=O)OC(C)(C)C)c2nncs2)C1. The number of amides is 2. The third kappa shape index (κ3) is 5.55. The standard InChI is InChI=1S/C16H26N4O4S/c1-15(2,3)23-13(21)19-8-7-11(9-19)20(12-18-17-10-25-12)14(22)24-16(4,5)6/h10-11H,7-9H2,1-6H3. The van der Waals surface area contributed by atoms with E-state index in [4.69, 9.17) is 9.47 Å². The molecule has 1 saturated heterocycles. The fourth-order valence-corrected chi connectivity index (χ4v) is 3.03. The Balaban J connectivity index is 2.12. The van der Waals surface area contributed by atoms with Gasteiger partial charge in [0, 0.05) is 13.1 Å². The van der Waals surface area contributed by atoms with Crippen molar-refractivity contribution in [2.45, 2.75) is 65.2 Å². The fourth-order valence-electron chi connectivity index (χ4n) is 2.41. The number of nitrogens with zero attached hydrogens (tertiary/aromatic N) is 4. The van der Waals surface area contributed by atoms with E-state index in [1.165, 1.54) is 16.2 Å². The number of rotatable bonds is 2. The first kappa shape index (κ1) is 19.4. The number of anilines is 1. The summed E-state index contributed by atoms with van der Waals surface area (Å²) in [5.74, 6) is 0. The predicted octanol–water partition coefficient (Wildman–Crippen LogP) is 3.29. The quantitative estimate of drug-likeness (QED) is 0.794. The first-order chi connectivity index (χ1) is 11.5. The van der Waals surface area contributed by atoms with Gasteiger partial charge in [0.25, 0.3) is 0 Å². The molecule has 140 valence electrons. The molecule has 2 amide bonds. The number of likely N-dealkylation sites (tertiary alicyclic amines) is 1. The first-order valence-corrected chi connectivity index (χ1v) is 9.10. The summed E-state index contributed by atoms with van der Waals surface area (Å²) in [5, 5.41) is 8.27. The molecule has 9 heteroatoms. The van der Waals surface area contributed by atoms with Gasteiger partial charge in [0.15, 0.2) is 0 Å². The van der Waals surface area contributed by atoms with Gasteiger partial charge in [-0.2, -0.15) is 0 Å². The van der Waals surface area contributed by atoms with E-state index in [0.717, 1.165) is 0 Å². The van der Waals surface area contributed by atoms with Crippen LogP contribution in [-0.2, 0) is 9.47 Å². The van der Waals surface area contributed by atoms with Gasteiger partial charge in [-0.15, -0.1) is 10.2 Å². The molecule has 1 fully saturated rings. The van der Waals surface area contributed by atoms with Crippen molar-refractivity contribution in [2.75, 3.05) is 18.0 Å². The van der Waals surface area contributed by atoms with Crippen LogP contribution in [0.1, 0.15) is 48.0 Å². The van der Waals surface area contributed by atoms with Crippen LogP contribution in [0.5, 0.6) is 0 Å². The number of ether oxygens (including phenoxy) is 2. The number of aromatic nitrogens is 2. The lowest BCUT2D eigenvalue weighted by atomic mass is 10.2. The summed E-state index contributed by atoms with van der Waals surface area (Å²) in [6.45, 7) is 11.8. The average Bonchev–Trinajstić information content (AvgIpc) is 3.06. The van der Waals surface area contributed by atoms with Crippen LogP contribution in [0.4, 0.5) is 14.7 Å². The molecule has 0 aromatic carbocycles. The minimum Gasteiger partial charge on any atom is -0.444 e. The maximum Gasteiger partial charge on any atom is 0.417 e. The van der Waals surface area contributed by atoms with E-state index in [1.807, 2.05) is 41.5 Å². The molecule has 25 heavy (non-hydrogen) atoms. The Morgan fingerprint density at radius 3 is 2.36 bits per heavy atom. The highest BCUT2D eigenvalue weighted by Gasteiger charge is 2.38. The van der Waals surface area contributed by atoms with Crippen LogP contribution in [0, 0.1) is 0 Å². The van der Waals surface area contributed by atoms with Crippen LogP contribution in [0.2, 0.25) is 0 Å². The summed E-state index contributed by atoms with van der Waals surface area (Å²) in [6.07, 6.45) is -0.241. The highest BCUT2D eigenvalue weighted by molar-refractivity contribution is 7.13. The molecule has 1 aromatic heterocycles. The van der Waals surface area contributed by atoms with Gasteiger partial charge in [0.2, 0.25) is 5.13 Å². The van der Waals surface area contributed by atoms with E-state index < -0.39 is 17.3 Å². The molecule has 1 aliphatic rings. The Morgan fingerprint density at radius 2 is 1.84 bits per heavy atom. The second-order valence-electron chi connectivity index (χ2n) is 7.94. The van der Waals surface area contributed by atoms with E-state index in [0.29, 0.717) is 24.6 Å². The lowest BCUT2D eigenvalue weighted by molar-refractivity contribution is 0.0287. The highest BCUT2D eigenvalue weighted by atomic mass is 32.1. The summed E-state index contributed by atoms with van der Waals surface area (Å²) in [6, 6.07) is -0.227. The Bertz CT molecular complexity index is 607. The van der Waals surface area contributed by atoms with Crippen LogP contribution in [0.3, 0.4) is 0 Å². The zero-order valence-electron chi connectivity index (χ0n) is 15.6. The molecule has 1 atom stereocenters. The summed E-state index contributed by atoms with van der Waals surface area (Å²) in [5.41, 5.74) is 0.385. The lowest BCUT2D eigenvalue weighted by Crippen LogP contribution is -2.45. The molecule has 0 radical (unpaired) electrons. The van der Waals surface area contributed by atoms with Crippen LogP contribution in [0.15, 0.2) is 5.51 Å².